The lowest BCUT2D eigenvalue weighted by molar-refractivity contribution is 0.102. The van der Waals surface area contributed by atoms with E-state index in [4.69, 9.17) is 16.3 Å². The van der Waals surface area contributed by atoms with E-state index in [1.165, 1.54) is 12.1 Å². The molecule has 0 saturated carbocycles. The van der Waals surface area contributed by atoms with Crippen LogP contribution < -0.4 is 10.1 Å². The Balaban J connectivity index is 1.75. The van der Waals surface area contributed by atoms with E-state index in [2.05, 4.69) is 15.5 Å². The number of hydrogen-bond acceptors (Lipinski definition) is 3. The molecule has 0 fully saturated rings. The molecule has 3 aromatic rings. The minimum absolute atomic E-state index is 0.0478. The van der Waals surface area contributed by atoms with Gasteiger partial charge in [0.05, 0.1) is 18.0 Å². The summed E-state index contributed by atoms with van der Waals surface area (Å²) in [5, 5.41) is 9.51. The molecule has 1 heterocycles. The van der Waals surface area contributed by atoms with E-state index in [1.807, 2.05) is 31.2 Å². The number of anilines is 1. The van der Waals surface area contributed by atoms with Crippen molar-refractivity contribution in [3.63, 3.8) is 0 Å². The third-order valence-corrected chi connectivity index (χ3v) is 3.70. The van der Waals surface area contributed by atoms with Gasteiger partial charge in [-0.2, -0.15) is 5.10 Å². The van der Waals surface area contributed by atoms with Crippen LogP contribution in [-0.2, 0) is 0 Å². The first-order valence-electron chi connectivity index (χ1n) is 7.62. The first-order chi connectivity index (χ1) is 12.1. The smallest absolute Gasteiger partial charge is 0.273 e. The van der Waals surface area contributed by atoms with E-state index < -0.39 is 11.7 Å². The van der Waals surface area contributed by atoms with Crippen LogP contribution in [0.3, 0.4) is 0 Å². The summed E-state index contributed by atoms with van der Waals surface area (Å²) < 4.78 is 19.1. The topological polar surface area (TPSA) is 67.0 Å². The zero-order chi connectivity index (χ0) is 17.8. The number of benzene rings is 2. The molecule has 3 rings (SSSR count). The van der Waals surface area contributed by atoms with E-state index in [0.29, 0.717) is 12.3 Å². The van der Waals surface area contributed by atoms with Gasteiger partial charge in [0.2, 0.25) is 0 Å². The number of rotatable bonds is 5. The fourth-order valence-electron chi connectivity index (χ4n) is 2.26. The van der Waals surface area contributed by atoms with Crippen LogP contribution in [0.5, 0.6) is 5.75 Å². The number of carbonyl (C=O) groups is 1. The molecule has 2 N–H and O–H groups in total. The molecule has 5 nitrogen and oxygen atoms in total. The maximum absolute atomic E-state index is 13.8. The molecular formula is C18H15ClFN3O2. The first kappa shape index (κ1) is 17.0. The molecule has 1 aromatic heterocycles. The van der Waals surface area contributed by atoms with Gasteiger partial charge in [0, 0.05) is 10.6 Å². The minimum atomic E-state index is -0.605. The first-order valence-corrected chi connectivity index (χ1v) is 7.99. The largest absolute Gasteiger partial charge is 0.494 e. The van der Waals surface area contributed by atoms with Gasteiger partial charge in [0.15, 0.2) is 0 Å². The van der Waals surface area contributed by atoms with E-state index in [1.54, 1.807) is 6.07 Å². The summed E-state index contributed by atoms with van der Waals surface area (Å²) in [5.74, 6) is -0.337. The number of carbonyl (C=O) groups excluding carboxylic acids is 1. The van der Waals surface area contributed by atoms with Crippen molar-refractivity contribution in [3.8, 4) is 17.0 Å². The lowest BCUT2D eigenvalue weighted by Crippen LogP contribution is -2.13. The number of aromatic nitrogens is 2. The maximum atomic E-state index is 13.8. The molecule has 0 spiro atoms. The third-order valence-electron chi connectivity index (χ3n) is 3.46. The van der Waals surface area contributed by atoms with Gasteiger partial charge >= 0.3 is 0 Å². The normalized spacial score (nSPS) is 10.5. The minimum Gasteiger partial charge on any atom is -0.494 e. The highest BCUT2D eigenvalue weighted by molar-refractivity contribution is 6.30. The number of nitrogens with zero attached hydrogens (tertiary/aromatic N) is 1. The second-order valence-electron chi connectivity index (χ2n) is 5.20. The Morgan fingerprint density at radius 1 is 1.24 bits per heavy atom. The highest BCUT2D eigenvalue weighted by atomic mass is 35.5. The molecule has 25 heavy (non-hydrogen) atoms. The highest BCUT2D eigenvalue weighted by Crippen LogP contribution is 2.23. The van der Waals surface area contributed by atoms with E-state index in [-0.39, 0.29) is 16.4 Å². The summed E-state index contributed by atoms with van der Waals surface area (Å²) in [6.45, 7) is 2.50. The summed E-state index contributed by atoms with van der Waals surface area (Å²) >= 11 is 5.69. The Hall–Kier alpha value is -2.86. The van der Waals surface area contributed by atoms with Gasteiger partial charge in [-0.1, -0.05) is 11.6 Å². The Bertz CT molecular complexity index is 894. The number of ether oxygens (including phenoxy) is 1. The number of amides is 1. The zero-order valence-corrected chi connectivity index (χ0v) is 14.1. The van der Waals surface area contributed by atoms with Crippen LogP contribution in [0.25, 0.3) is 11.3 Å². The highest BCUT2D eigenvalue weighted by Gasteiger charge is 2.13. The van der Waals surface area contributed by atoms with Crippen LogP contribution in [0.1, 0.15) is 17.4 Å². The summed E-state index contributed by atoms with van der Waals surface area (Å²) in [6.07, 6.45) is 0. The van der Waals surface area contributed by atoms with Gasteiger partial charge in [0.1, 0.15) is 17.3 Å². The molecule has 0 atom stereocenters. The van der Waals surface area contributed by atoms with Crippen molar-refractivity contribution in [3.05, 3.63) is 65.1 Å². The fraction of sp³-hybridized carbons (Fsp3) is 0.111. The number of aromatic amines is 1. The Kier molecular flexibility index (Phi) is 5.00. The monoisotopic (exact) mass is 359 g/mol. The molecule has 2 aromatic carbocycles. The van der Waals surface area contributed by atoms with Crippen LogP contribution in [0, 0.1) is 5.82 Å². The molecule has 1 amide bonds. The van der Waals surface area contributed by atoms with Crippen molar-refractivity contribution in [2.75, 3.05) is 11.9 Å². The summed E-state index contributed by atoms with van der Waals surface area (Å²) in [7, 11) is 0. The standard InChI is InChI=1S/C18H15ClFN3O2/c1-2-25-13-6-3-11(4-7-13)16-10-17(23-22-16)18(24)21-15-8-5-12(19)9-14(15)20/h3-10H,2H2,1H3,(H,21,24)(H,22,23). The molecule has 7 heteroatoms. The quantitative estimate of drug-likeness (QED) is 0.703. The molecule has 128 valence electrons. The Morgan fingerprint density at radius 2 is 2.00 bits per heavy atom. The van der Waals surface area contributed by atoms with Crippen LogP contribution in [0.4, 0.5) is 10.1 Å². The van der Waals surface area contributed by atoms with Crippen LogP contribution in [0.15, 0.2) is 48.5 Å². The van der Waals surface area contributed by atoms with Gasteiger partial charge in [-0.05, 0) is 55.5 Å². The van der Waals surface area contributed by atoms with Crippen LogP contribution >= 0.6 is 11.6 Å². The second-order valence-corrected chi connectivity index (χ2v) is 5.64. The lowest BCUT2D eigenvalue weighted by atomic mass is 10.1. The van der Waals surface area contributed by atoms with E-state index in [9.17, 15) is 9.18 Å². The van der Waals surface area contributed by atoms with Crippen LogP contribution in [-0.4, -0.2) is 22.7 Å². The van der Waals surface area contributed by atoms with E-state index in [0.717, 1.165) is 17.4 Å². The fourth-order valence-corrected chi connectivity index (χ4v) is 2.41. The number of halogens is 2. The predicted octanol–water partition coefficient (Wildman–Crippen LogP) is 4.52. The molecule has 0 unspecified atom stereocenters. The second kappa shape index (κ2) is 7.36. The van der Waals surface area contributed by atoms with Crippen LogP contribution in [0.2, 0.25) is 5.02 Å². The van der Waals surface area contributed by atoms with Gasteiger partial charge in [-0.3, -0.25) is 9.89 Å². The average Bonchev–Trinajstić information content (AvgIpc) is 3.08. The van der Waals surface area contributed by atoms with Crippen molar-refractivity contribution < 1.29 is 13.9 Å². The zero-order valence-electron chi connectivity index (χ0n) is 13.3. The van der Waals surface area contributed by atoms with Crippen molar-refractivity contribution in [2.24, 2.45) is 0 Å². The number of hydrogen-bond donors (Lipinski definition) is 2. The molecule has 0 aliphatic heterocycles. The third kappa shape index (κ3) is 3.97. The predicted molar refractivity (Wildman–Crippen MR) is 94.6 cm³/mol. The molecule has 0 aliphatic carbocycles. The molecule has 0 aliphatic rings. The van der Waals surface area contributed by atoms with Gasteiger partial charge in [-0.15, -0.1) is 0 Å². The molecular weight excluding hydrogens is 345 g/mol. The molecule has 0 saturated heterocycles. The SMILES string of the molecule is CCOc1ccc(-c2cc(C(=O)Nc3ccc(Cl)cc3F)[nH]n2)cc1. The van der Waals surface area contributed by atoms with Crippen molar-refractivity contribution in [2.45, 2.75) is 6.92 Å². The van der Waals surface area contributed by atoms with E-state index >= 15 is 0 Å². The number of H-pyrrole nitrogens is 1. The van der Waals surface area contributed by atoms with Gasteiger partial charge in [0.25, 0.3) is 5.91 Å². The number of nitrogens with one attached hydrogen (secondary N) is 2. The van der Waals surface area contributed by atoms with Gasteiger partial charge in [-0.25, -0.2) is 4.39 Å². The molecule has 0 bridgehead atoms. The summed E-state index contributed by atoms with van der Waals surface area (Å²) in [5.41, 5.74) is 1.70. The van der Waals surface area contributed by atoms with Gasteiger partial charge < -0.3 is 10.1 Å². The summed E-state index contributed by atoms with van der Waals surface area (Å²) in [4.78, 5) is 12.2. The molecule has 0 radical (unpaired) electrons. The maximum Gasteiger partial charge on any atom is 0.273 e. The summed E-state index contributed by atoms with van der Waals surface area (Å²) in [6, 6.07) is 13.0. The lowest BCUT2D eigenvalue weighted by Gasteiger charge is -2.05. The van der Waals surface area contributed by atoms with Crippen molar-refractivity contribution in [1.82, 2.24) is 10.2 Å². The Labute approximate surface area is 148 Å². The van der Waals surface area contributed by atoms with Crippen molar-refractivity contribution >= 4 is 23.2 Å². The average molecular weight is 360 g/mol. The van der Waals surface area contributed by atoms with Crippen molar-refractivity contribution in [1.29, 1.82) is 0 Å². The Morgan fingerprint density at radius 3 is 2.68 bits per heavy atom.